The van der Waals surface area contributed by atoms with Crippen LogP contribution in [0.15, 0.2) is 61.2 Å². The standard InChI is InChI=1S/C24H30O4/c1-2-15-26-22-13-11-20-7-3-5-9-23(20)27-18-16-25-17-19-28-24-10-6-4-8-21(24)12-14-22/h2-10,22H,1,11-19H2. The monoisotopic (exact) mass is 382 g/mol. The maximum absolute atomic E-state index is 6.05. The van der Waals surface area contributed by atoms with Gasteiger partial charge in [0.2, 0.25) is 0 Å². The summed E-state index contributed by atoms with van der Waals surface area (Å²) >= 11 is 0. The predicted octanol–water partition coefficient (Wildman–Crippen LogP) is 4.61. The van der Waals surface area contributed by atoms with Gasteiger partial charge in [-0.05, 0) is 48.9 Å². The average molecular weight is 383 g/mol. The van der Waals surface area contributed by atoms with Crippen molar-refractivity contribution in [3.63, 3.8) is 0 Å². The average Bonchev–Trinajstić information content (AvgIpc) is 2.73. The van der Waals surface area contributed by atoms with Crippen LogP contribution in [-0.2, 0) is 22.3 Å². The zero-order valence-corrected chi connectivity index (χ0v) is 16.5. The Morgan fingerprint density at radius 3 is 1.89 bits per heavy atom. The van der Waals surface area contributed by atoms with Crippen molar-refractivity contribution in [1.29, 1.82) is 0 Å². The summed E-state index contributed by atoms with van der Waals surface area (Å²) < 4.78 is 23.6. The summed E-state index contributed by atoms with van der Waals surface area (Å²) in [4.78, 5) is 0. The van der Waals surface area contributed by atoms with Gasteiger partial charge in [0.05, 0.1) is 25.9 Å². The molecule has 0 fully saturated rings. The van der Waals surface area contributed by atoms with Gasteiger partial charge in [-0.15, -0.1) is 6.58 Å². The van der Waals surface area contributed by atoms with Crippen molar-refractivity contribution in [2.24, 2.45) is 0 Å². The maximum Gasteiger partial charge on any atom is 0.122 e. The number of rotatable bonds is 3. The number of aryl methyl sites for hydroxylation is 2. The second-order valence-electron chi connectivity index (χ2n) is 6.85. The Kier molecular flexibility index (Phi) is 8.41. The molecule has 0 bridgehead atoms. The number of fused-ring (bicyclic) bond motifs is 2. The van der Waals surface area contributed by atoms with Crippen LogP contribution in [0, 0.1) is 0 Å². The van der Waals surface area contributed by atoms with E-state index in [9.17, 15) is 0 Å². The van der Waals surface area contributed by atoms with Crippen molar-refractivity contribution >= 4 is 0 Å². The van der Waals surface area contributed by atoms with E-state index in [1.807, 2.05) is 30.3 Å². The predicted molar refractivity (Wildman–Crippen MR) is 111 cm³/mol. The molecule has 0 unspecified atom stereocenters. The van der Waals surface area contributed by atoms with Crippen molar-refractivity contribution in [1.82, 2.24) is 0 Å². The first-order valence-electron chi connectivity index (χ1n) is 10.1. The maximum atomic E-state index is 6.05. The molecule has 0 saturated carbocycles. The van der Waals surface area contributed by atoms with Gasteiger partial charge in [-0.1, -0.05) is 42.5 Å². The number of hydrogen-bond donors (Lipinski definition) is 0. The molecule has 150 valence electrons. The third kappa shape index (κ3) is 6.39. The quantitative estimate of drug-likeness (QED) is 0.727. The highest BCUT2D eigenvalue weighted by molar-refractivity contribution is 5.34. The largest absolute Gasteiger partial charge is 0.491 e. The smallest absolute Gasteiger partial charge is 0.122 e. The van der Waals surface area contributed by atoms with Crippen molar-refractivity contribution < 1.29 is 18.9 Å². The van der Waals surface area contributed by atoms with E-state index in [0.29, 0.717) is 33.0 Å². The van der Waals surface area contributed by atoms with Crippen LogP contribution < -0.4 is 9.47 Å². The van der Waals surface area contributed by atoms with Gasteiger partial charge in [-0.2, -0.15) is 0 Å². The third-order valence-corrected chi connectivity index (χ3v) is 4.84. The fraction of sp³-hybridized carbons (Fsp3) is 0.417. The Hall–Kier alpha value is -2.30. The van der Waals surface area contributed by atoms with Gasteiger partial charge in [-0.3, -0.25) is 0 Å². The highest BCUT2D eigenvalue weighted by Gasteiger charge is 2.14. The first kappa shape index (κ1) is 20.4. The Morgan fingerprint density at radius 2 is 1.36 bits per heavy atom. The Balaban J connectivity index is 1.73. The molecule has 0 radical (unpaired) electrons. The lowest BCUT2D eigenvalue weighted by molar-refractivity contribution is 0.0604. The van der Waals surface area contributed by atoms with Crippen molar-refractivity contribution in [3.05, 3.63) is 72.3 Å². The molecular formula is C24H30O4. The van der Waals surface area contributed by atoms with Gasteiger partial charge < -0.3 is 18.9 Å². The van der Waals surface area contributed by atoms with Gasteiger partial charge in [0.1, 0.15) is 24.7 Å². The molecule has 0 aliphatic carbocycles. The fourth-order valence-corrected chi connectivity index (χ4v) is 3.37. The van der Waals surface area contributed by atoms with E-state index >= 15 is 0 Å². The Bertz CT molecular complexity index is 673. The minimum atomic E-state index is 0.162. The van der Waals surface area contributed by atoms with Crippen molar-refractivity contribution in [3.8, 4) is 11.5 Å². The third-order valence-electron chi connectivity index (χ3n) is 4.84. The lowest BCUT2D eigenvalue weighted by Gasteiger charge is -2.20. The molecule has 0 amide bonds. The topological polar surface area (TPSA) is 36.9 Å². The molecule has 1 heterocycles. The number of ether oxygens (including phenoxy) is 4. The zero-order chi connectivity index (χ0) is 19.4. The van der Waals surface area contributed by atoms with Crippen LogP contribution >= 0.6 is 0 Å². The van der Waals surface area contributed by atoms with E-state index in [2.05, 4.69) is 30.8 Å². The van der Waals surface area contributed by atoms with Crippen LogP contribution in [0.4, 0.5) is 0 Å². The lowest BCUT2D eigenvalue weighted by atomic mass is 10.00. The van der Waals surface area contributed by atoms with Gasteiger partial charge >= 0.3 is 0 Å². The lowest BCUT2D eigenvalue weighted by Crippen LogP contribution is -2.17. The molecule has 3 rings (SSSR count). The van der Waals surface area contributed by atoms with E-state index in [-0.39, 0.29) is 6.10 Å². The van der Waals surface area contributed by atoms with Gasteiger partial charge in [0, 0.05) is 0 Å². The highest BCUT2D eigenvalue weighted by Crippen LogP contribution is 2.24. The van der Waals surface area contributed by atoms with E-state index in [1.54, 1.807) is 0 Å². The fourth-order valence-electron chi connectivity index (χ4n) is 3.37. The molecule has 0 atom stereocenters. The van der Waals surface area contributed by atoms with Crippen LogP contribution in [0.2, 0.25) is 0 Å². The first-order valence-corrected chi connectivity index (χ1v) is 10.1. The van der Waals surface area contributed by atoms with Crippen molar-refractivity contribution in [2.45, 2.75) is 31.8 Å². The number of benzene rings is 2. The van der Waals surface area contributed by atoms with Crippen LogP contribution in [-0.4, -0.2) is 39.1 Å². The molecule has 0 N–H and O–H groups in total. The van der Waals surface area contributed by atoms with E-state index in [4.69, 9.17) is 18.9 Å². The summed E-state index contributed by atoms with van der Waals surface area (Å²) in [6.07, 6.45) is 5.68. The van der Waals surface area contributed by atoms with Gasteiger partial charge in [-0.25, -0.2) is 0 Å². The van der Waals surface area contributed by atoms with E-state index in [0.717, 1.165) is 37.2 Å². The second-order valence-corrected chi connectivity index (χ2v) is 6.85. The summed E-state index contributed by atoms with van der Waals surface area (Å²) in [7, 11) is 0. The number of hydrogen-bond acceptors (Lipinski definition) is 4. The molecule has 4 heteroatoms. The molecule has 28 heavy (non-hydrogen) atoms. The Morgan fingerprint density at radius 1 is 0.821 bits per heavy atom. The first-order chi connectivity index (χ1) is 13.9. The van der Waals surface area contributed by atoms with Crippen LogP contribution in [0.3, 0.4) is 0 Å². The van der Waals surface area contributed by atoms with Crippen LogP contribution in [0.25, 0.3) is 0 Å². The SMILES string of the molecule is C=CCOC1CCc2ccccc2OCCOCCOc2ccccc2CC1. The summed E-state index contributed by atoms with van der Waals surface area (Å²) in [5.74, 6) is 1.87. The molecule has 2 aromatic carbocycles. The molecule has 2 aromatic rings. The normalized spacial score (nSPS) is 16.9. The van der Waals surface area contributed by atoms with E-state index in [1.165, 1.54) is 11.1 Å². The number of para-hydroxylation sites is 2. The summed E-state index contributed by atoms with van der Waals surface area (Å²) in [6, 6.07) is 16.5. The van der Waals surface area contributed by atoms with Gasteiger partial charge in [0.15, 0.2) is 0 Å². The molecule has 0 saturated heterocycles. The zero-order valence-electron chi connectivity index (χ0n) is 16.5. The second kappa shape index (κ2) is 11.5. The van der Waals surface area contributed by atoms with Crippen LogP contribution in [0.1, 0.15) is 24.0 Å². The van der Waals surface area contributed by atoms with Crippen LogP contribution in [0.5, 0.6) is 11.5 Å². The molecule has 0 aromatic heterocycles. The van der Waals surface area contributed by atoms with E-state index < -0.39 is 0 Å². The molecule has 0 spiro atoms. The summed E-state index contributed by atoms with van der Waals surface area (Å²) in [5, 5.41) is 0. The highest BCUT2D eigenvalue weighted by atomic mass is 16.5. The van der Waals surface area contributed by atoms with Crippen molar-refractivity contribution in [2.75, 3.05) is 33.0 Å². The minimum absolute atomic E-state index is 0.162. The summed E-state index contributed by atoms with van der Waals surface area (Å²) in [5.41, 5.74) is 2.43. The van der Waals surface area contributed by atoms with Gasteiger partial charge in [0.25, 0.3) is 0 Å². The molecule has 1 aliphatic rings. The Labute approximate surface area is 168 Å². The summed E-state index contributed by atoms with van der Waals surface area (Å²) in [6.45, 7) is 6.51. The molecule has 4 nitrogen and oxygen atoms in total. The minimum Gasteiger partial charge on any atom is -0.491 e. The molecule has 1 aliphatic heterocycles. The molecular weight excluding hydrogens is 352 g/mol.